The Morgan fingerprint density at radius 2 is 1.87 bits per heavy atom. The van der Waals surface area contributed by atoms with E-state index in [0.717, 1.165) is 46.1 Å². The van der Waals surface area contributed by atoms with Crippen molar-refractivity contribution in [3.63, 3.8) is 0 Å². The van der Waals surface area contributed by atoms with Crippen LogP contribution < -0.4 is 14.8 Å². The minimum absolute atomic E-state index is 0.551. The number of nitriles is 1. The van der Waals surface area contributed by atoms with Gasteiger partial charge in [-0.25, -0.2) is 4.98 Å². The number of imidazole rings is 1. The molecule has 2 heterocycles. The topological polar surface area (TPSA) is 88.6 Å². The van der Waals surface area contributed by atoms with Gasteiger partial charge in [0.25, 0.3) is 0 Å². The fourth-order valence-corrected chi connectivity index (χ4v) is 2.96. The summed E-state index contributed by atoms with van der Waals surface area (Å²) in [4.78, 5) is 13.8. The molecule has 2 aromatic heterocycles. The van der Waals surface area contributed by atoms with Crippen molar-refractivity contribution < 1.29 is 14.3 Å². The van der Waals surface area contributed by atoms with Gasteiger partial charge in [-0.05, 0) is 57.5 Å². The summed E-state index contributed by atoms with van der Waals surface area (Å²) in [5.41, 5.74) is 4.05. The second kappa shape index (κ2) is 9.79. The number of aromatic nitrogens is 2. The van der Waals surface area contributed by atoms with Crippen molar-refractivity contribution in [3.05, 3.63) is 47.8 Å². The summed E-state index contributed by atoms with van der Waals surface area (Å²) in [7, 11) is 3.30. The first kappa shape index (κ1) is 22.8. The van der Waals surface area contributed by atoms with Crippen molar-refractivity contribution in [1.82, 2.24) is 14.7 Å². The highest BCUT2D eigenvalue weighted by molar-refractivity contribution is 5.69. The van der Waals surface area contributed by atoms with E-state index in [1.165, 1.54) is 0 Å². The lowest BCUT2D eigenvalue weighted by molar-refractivity contribution is -0.109. The first-order valence-electron chi connectivity index (χ1n) is 9.61. The number of rotatable bonds is 6. The molecule has 158 valence electrons. The number of nitrogens with one attached hydrogen (secondary N) is 1. The molecule has 3 rings (SSSR count). The number of carbonyl (C=O) groups excluding carboxylic acids is 1. The number of pyridine rings is 1. The van der Waals surface area contributed by atoms with Gasteiger partial charge in [-0.3, -0.25) is 9.20 Å². The molecule has 0 aliphatic carbocycles. The van der Waals surface area contributed by atoms with Crippen LogP contribution in [0.3, 0.4) is 0 Å². The number of hydrogen-bond donors (Lipinski definition) is 1. The lowest BCUT2D eigenvalue weighted by atomic mass is 9.87. The third-order valence-electron chi connectivity index (χ3n) is 4.85. The zero-order valence-corrected chi connectivity index (χ0v) is 18.3. The van der Waals surface area contributed by atoms with Crippen LogP contribution in [0.2, 0.25) is 0 Å². The van der Waals surface area contributed by atoms with Crippen LogP contribution in [0.15, 0.2) is 36.7 Å². The molecule has 30 heavy (non-hydrogen) atoms. The van der Waals surface area contributed by atoms with Crippen LogP contribution >= 0.6 is 0 Å². The number of fused-ring (bicyclic) bond motifs is 1. The van der Waals surface area contributed by atoms with Gasteiger partial charge in [0.15, 0.2) is 0 Å². The average Bonchev–Trinajstić information content (AvgIpc) is 3.18. The molecular formula is C23H28N4O3. The number of hydrogen-bond acceptors (Lipinski definition) is 5. The van der Waals surface area contributed by atoms with E-state index in [0.29, 0.717) is 6.41 Å². The lowest BCUT2D eigenvalue weighted by Crippen LogP contribution is -2.14. The molecule has 1 aromatic carbocycles. The highest BCUT2D eigenvalue weighted by Gasteiger charge is 2.21. The molecule has 0 saturated carbocycles. The molecule has 3 aromatic rings. The lowest BCUT2D eigenvalue weighted by Gasteiger charge is -2.16. The number of ether oxygens (including phenoxy) is 2. The molecule has 0 fully saturated rings. The molecule has 1 amide bonds. The Balaban J connectivity index is 0.000000575. The predicted molar refractivity (Wildman–Crippen MR) is 117 cm³/mol. The minimum atomic E-state index is -0.551. The number of nitrogens with zero attached hydrogens (tertiary/aromatic N) is 3. The molecule has 0 atom stereocenters. The molecule has 0 unspecified atom stereocenters. The molecule has 7 heteroatoms. The molecule has 0 saturated heterocycles. The van der Waals surface area contributed by atoms with Crippen LogP contribution in [0.4, 0.5) is 0 Å². The molecule has 0 radical (unpaired) electrons. The average molecular weight is 409 g/mol. The molecule has 1 N–H and O–H groups in total. The van der Waals surface area contributed by atoms with Gasteiger partial charge >= 0.3 is 0 Å². The molecule has 0 aliphatic heterocycles. The molecular weight excluding hydrogens is 380 g/mol. The van der Waals surface area contributed by atoms with Gasteiger partial charge in [0, 0.05) is 23.9 Å². The van der Waals surface area contributed by atoms with Gasteiger partial charge in [-0.1, -0.05) is 0 Å². The number of amides is 1. The van der Waals surface area contributed by atoms with Gasteiger partial charge in [0.1, 0.15) is 17.1 Å². The van der Waals surface area contributed by atoms with E-state index < -0.39 is 5.41 Å². The smallest absolute Gasteiger partial charge is 0.207 e. The summed E-state index contributed by atoms with van der Waals surface area (Å²) in [5.74, 6) is 1.54. The van der Waals surface area contributed by atoms with Crippen molar-refractivity contribution in [3.8, 4) is 28.8 Å². The summed E-state index contributed by atoms with van der Waals surface area (Å²) >= 11 is 0. The second-order valence-corrected chi connectivity index (χ2v) is 7.21. The Morgan fingerprint density at radius 1 is 1.23 bits per heavy atom. The molecule has 0 aliphatic rings. The second-order valence-electron chi connectivity index (χ2n) is 7.21. The first-order valence-corrected chi connectivity index (χ1v) is 9.61. The standard InChI is InChI=1S/C20H21N3O2.C3H7NO/c1-13-17(24-4)8-14(9-18(13)25-5)16-11-22-19-10-15(6-7-23(16)19)20(2,3)12-21;1-2-4-3-5/h6-11H,1-5H3;3H,2H2,1H3,(H,4,5). The maximum atomic E-state index is 9.34. The van der Waals surface area contributed by atoms with E-state index in [-0.39, 0.29) is 0 Å². The zero-order valence-electron chi connectivity index (χ0n) is 18.3. The third-order valence-corrected chi connectivity index (χ3v) is 4.85. The van der Waals surface area contributed by atoms with E-state index >= 15 is 0 Å². The Bertz CT molecular complexity index is 1040. The van der Waals surface area contributed by atoms with E-state index in [1.807, 2.05) is 68.8 Å². The Kier molecular flexibility index (Phi) is 7.43. The van der Waals surface area contributed by atoms with Gasteiger partial charge in [-0.2, -0.15) is 5.26 Å². The summed E-state index contributed by atoms with van der Waals surface area (Å²) in [6, 6.07) is 10.2. The minimum Gasteiger partial charge on any atom is -0.496 e. The first-order chi connectivity index (χ1) is 14.3. The summed E-state index contributed by atoms with van der Waals surface area (Å²) in [6.45, 7) is 8.36. The molecule has 0 bridgehead atoms. The van der Waals surface area contributed by atoms with Crippen molar-refractivity contribution >= 4 is 12.1 Å². The van der Waals surface area contributed by atoms with Crippen molar-refractivity contribution in [2.24, 2.45) is 0 Å². The van der Waals surface area contributed by atoms with Gasteiger partial charge < -0.3 is 14.8 Å². The molecule has 0 spiro atoms. The van der Waals surface area contributed by atoms with Crippen LogP contribution in [0.1, 0.15) is 31.9 Å². The van der Waals surface area contributed by atoms with Gasteiger partial charge in [-0.15, -0.1) is 0 Å². The van der Waals surface area contributed by atoms with Crippen molar-refractivity contribution in [1.29, 1.82) is 5.26 Å². The fourth-order valence-electron chi connectivity index (χ4n) is 2.96. The largest absolute Gasteiger partial charge is 0.496 e. The van der Waals surface area contributed by atoms with E-state index in [9.17, 15) is 10.1 Å². The van der Waals surface area contributed by atoms with E-state index in [2.05, 4.69) is 16.4 Å². The predicted octanol–water partition coefficient (Wildman–Crippen LogP) is 3.88. The Labute approximate surface area is 177 Å². The zero-order chi connectivity index (χ0) is 22.3. The Morgan fingerprint density at radius 3 is 2.33 bits per heavy atom. The number of methoxy groups -OCH3 is 2. The monoisotopic (exact) mass is 408 g/mol. The Hall–Kier alpha value is -3.53. The van der Waals surface area contributed by atoms with E-state index in [1.54, 1.807) is 14.2 Å². The fraction of sp³-hybridized carbons (Fsp3) is 0.348. The number of carbonyl (C=O) groups is 1. The SMILES string of the molecule is CCNC=O.COc1cc(-c2cnc3cc(C(C)(C)C#N)ccn23)cc(OC)c1C. The van der Waals surface area contributed by atoms with Crippen molar-refractivity contribution in [2.45, 2.75) is 33.1 Å². The van der Waals surface area contributed by atoms with Crippen LogP contribution in [0.5, 0.6) is 11.5 Å². The summed E-state index contributed by atoms with van der Waals surface area (Å²) in [6.07, 6.45) is 4.45. The quantitative estimate of drug-likeness (QED) is 0.625. The normalized spacial score (nSPS) is 10.6. The molecule has 7 nitrogen and oxygen atoms in total. The van der Waals surface area contributed by atoms with Crippen LogP contribution in [0.25, 0.3) is 16.9 Å². The number of benzene rings is 1. The highest BCUT2D eigenvalue weighted by Crippen LogP contribution is 2.35. The van der Waals surface area contributed by atoms with Gasteiger partial charge in [0.05, 0.1) is 37.6 Å². The summed E-state index contributed by atoms with van der Waals surface area (Å²) < 4.78 is 12.9. The third kappa shape index (κ3) is 4.71. The van der Waals surface area contributed by atoms with Gasteiger partial charge in [0.2, 0.25) is 6.41 Å². The maximum absolute atomic E-state index is 9.34. The van der Waals surface area contributed by atoms with Crippen LogP contribution in [0, 0.1) is 18.3 Å². The van der Waals surface area contributed by atoms with Crippen molar-refractivity contribution in [2.75, 3.05) is 20.8 Å². The van der Waals surface area contributed by atoms with Crippen LogP contribution in [-0.4, -0.2) is 36.6 Å². The highest BCUT2D eigenvalue weighted by atomic mass is 16.5. The van der Waals surface area contributed by atoms with E-state index in [4.69, 9.17) is 9.47 Å². The maximum Gasteiger partial charge on any atom is 0.207 e. The summed E-state index contributed by atoms with van der Waals surface area (Å²) in [5, 5.41) is 11.8. The van der Waals surface area contributed by atoms with Crippen LogP contribution in [-0.2, 0) is 10.2 Å².